The monoisotopic (exact) mass is 271 g/mol. The van der Waals surface area contributed by atoms with Gasteiger partial charge in [0.2, 0.25) is 0 Å². The van der Waals surface area contributed by atoms with Crippen LogP contribution in [0, 0.1) is 10.1 Å². The van der Waals surface area contributed by atoms with E-state index < -0.39 is 21.9 Å². The predicted octanol–water partition coefficient (Wildman–Crippen LogP) is 0.101. The van der Waals surface area contributed by atoms with Crippen LogP contribution in [0.2, 0.25) is 0 Å². The Balaban J connectivity index is 3.14. The van der Waals surface area contributed by atoms with E-state index in [4.69, 9.17) is 5.11 Å². The van der Waals surface area contributed by atoms with Gasteiger partial charge in [0.05, 0.1) is 11.1 Å². The zero-order valence-electron chi connectivity index (χ0n) is 10.7. The second-order valence-electron chi connectivity index (χ2n) is 4.08. The third-order valence-electron chi connectivity index (χ3n) is 2.80. The Hall–Kier alpha value is -1.96. The van der Waals surface area contributed by atoms with Gasteiger partial charge in [0.25, 0.3) is 0 Å². The highest BCUT2D eigenvalue weighted by atomic mass is 16.6. The van der Waals surface area contributed by atoms with Crippen molar-refractivity contribution >= 4 is 5.69 Å². The maximum absolute atomic E-state index is 11.9. The molecular weight excluding hydrogens is 254 g/mol. The Morgan fingerprint density at radius 3 is 2.53 bits per heavy atom. The van der Waals surface area contributed by atoms with Gasteiger partial charge in [0, 0.05) is 19.7 Å². The second kappa shape index (κ2) is 6.83. The molecule has 1 aromatic heterocycles. The molecule has 0 saturated carbocycles. The first-order valence-electron chi connectivity index (χ1n) is 6.12. The van der Waals surface area contributed by atoms with Gasteiger partial charge in [-0.2, -0.15) is 0 Å². The number of hydrogen-bond donors (Lipinski definition) is 1. The number of rotatable bonds is 7. The van der Waals surface area contributed by atoms with Crippen molar-refractivity contribution in [3.8, 4) is 0 Å². The highest BCUT2D eigenvalue weighted by Gasteiger charge is 2.18. The molecule has 0 unspecified atom stereocenters. The maximum atomic E-state index is 11.9. The van der Waals surface area contributed by atoms with Crippen LogP contribution in [-0.4, -0.2) is 25.8 Å². The average molecular weight is 271 g/mol. The molecule has 0 aliphatic heterocycles. The average Bonchev–Trinajstić information content (AvgIpc) is 2.37. The minimum absolute atomic E-state index is 0.0447. The van der Waals surface area contributed by atoms with Gasteiger partial charge in [-0.05, 0) is 26.2 Å². The molecule has 0 aliphatic rings. The van der Waals surface area contributed by atoms with Gasteiger partial charge in [-0.25, -0.2) is 4.79 Å². The van der Waals surface area contributed by atoms with Gasteiger partial charge in [0.1, 0.15) is 0 Å². The molecule has 0 spiro atoms. The Bertz CT molecular complexity index is 560. The van der Waals surface area contributed by atoms with E-state index in [1.807, 2.05) is 0 Å². The summed E-state index contributed by atoms with van der Waals surface area (Å²) < 4.78 is 2.03. The molecule has 0 fully saturated rings. The van der Waals surface area contributed by atoms with Gasteiger partial charge in [0.15, 0.2) is 0 Å². The number of hydrogen-bond acceptors (Lipinski definition) is 5. The minimum Gasteiger partial charge on any atom is -0.396 e. The molecular formula is C11H17N3O5. The van der Waals surface area contributed by atoms with Crippen molar-refractivity contribution in [3.63, 3.8) is 0 Å². The van der Waals surface area contributed by atoms with Gasteiger partial charge >= 0.3 is 16.9 Å². The van der Waals surface area contributed by atoms with Crippen LogP contribution >= 0.6 is 0 Å². The summed E-state index contributed by atoms with van der Waals surface area (Å²) >= 11 is 0. The highest BCUT2D eigenvalue weighted by Crippen LogP contribution is 2.02. The van der Waals surface area contributed by atoms with Gasteiger partial charge in [-0.15, -0.1) is 0 Å². The number of unbranched alkanes of at least 4 members (excludes halogenated alkanes) is 2. The third kappa shape index (κ3) is 3.50. The lowest BCUT2D eigenvalue weighted by molar-refractivity contribution is -0.387. The normalized spacial score (nSPS) is 10.6. The second-order valence-corrected chi connectivity index (χ2v) is 4.08. The largest absolute Gasteiger partial charge is 0.396 e. The Morgan fingerprint density at radius 2 is 2.00 bits per heavy atom. The van der Waals surface area contributed by atoms with E-state index >= 15 is 0 Å². The molecule has 0 bridgehead atoms. The van der Waals surface area contributed by atoms with Crippen LogP contribution in [0.15, 0.2) is 15.8 Å². The van der Waals surface area contributed by atoms with E-state index in [9.17, 15) is 19.7 Å². The number of aliphatic hydroxyl groups excluding tert-OH is 1. The van der Waals surface area contributed by atoms with Crippen molar-refractivity contribution < 1.29 is 10.0 Å². The summed E-state index contributed by atoms with van der Waals surface area (Å²) in [5.41, 5.74) is -2.01. The lowest BCUT2D eigenvalue weighted by Crippen LogP contribution is -2.40. The fourth-order valence-corrected chi connectivity index (χ4v) is 1.75. The SMILES string of the molecule is CCn1cc([N+](=O)[O-])c(=O)n(CCCCCO)c1=O. The molecule has 1 N–H and O–H groups in total. The molecule has 0 aromatic carbocycles. The Kier molecular flexibility index (Phi) is 5.43. The highest BCUT2D eigenvalue weighted by molar-refractivity contribution is 5.21. The molecule has 0 amide bonds. The lowest BCUT2D eigenvalue weighted by atomic mass is 10.2. The Labute approximate surface area is 109 Å². The van der Waals surface area contributed by atoms with Crippen LogP contribution in [0.3, 0.4) is 0 Å². The first-order chi connectivity index (χ1) is 9.02. The van der Waals surface area contributed by atoms with Gasteiger partial charge in [-0.3, -0.25) is 24.0 Å². The van der Waals surface area contributed by atoms with Crippen molar-refractivity contribution in [1.82, 2.24) is 9.13 Å². The number of aryl methyl sites for hydroxylation is 1. The molecule has 0 aliphatic carbocycles. The van der Waals surface area contributed by atoms with E-state index in [1.54, 1.807) is 6.92 Å². The lowest BCUT2D eigenvalue weighted by Gasteiger charge is -2.08. The van der Waals surface area contributed by atoms with Crippen molar-refractivity contribution in [2.24, 2.45) is 0 Å². The number of nitro groups is 1. The molecule has 0 radical (unpaired) electrons. The molecule has 8 nitrogen and oxygen atoms in total. The minimum atomic E-state index is -0.872. The topological polar surface area (TPSA) is 107 Å². The maximum Gasteiger partial charge on any atom is 0.350 e. The van der Waals surface area contributed by atoms with Crippen LogP contribution < -0.4 is 11.2 Å². The molecule has 0 atom stereocenters. The van der Waals surface area contributed by atoms with E-state index in [0.29, 0.717) is 19.3 Å². The van der Waals surface area contributed by atoms with E-state index in [-0.39, 0.29) is 19.7 Å². The standard InChI is InChI=1S/C11H17N3O5/c1-2-12-8-9(14(18)19)10(16)13(11(12)17)6-4-3-5-7-15/h8,15H,2-7H2,1H3. The molecule has 1 aromatic rings. The third-order valence-corrected chi connectivity index (χ3v) is 2.80. The molecule has 0 saturated heterocycles. The van der Waals surface area contributed by atoms with Gasteiger partial charge in [-0.1, -0.05) is 0 Å². The number of nitrogens with zero attached hydrogens (tertiary/aromatic N) is 3. The predicted molar refractivity (Wildman–Crippen MR) is 68.2 cm³/mol. The van der Waals surface area contributed by atoms with Crippen molar-refractivity contribution in [3.05, 3.63) is 37.1 Å². The van der Waals surface area contributed by atoms with Crippen molar-refractivity contribution in [2.45, 2.75) is 39.3 Å². The van der Waals surface area contributed by atoms with E-state index in [0.717, 1.165) is 15.3 Å². The van der Waals surface area contributed by atoms with Crippen LogP contribution in [0.25, 0.3) is 0 Å². The number of aliphatic hydroxyl groups is 1. The summed E-state index contributed by atoms with van der Waals surface area (Å²) in [6, 6.07) is 0. The van der Waals surface area contributed by atoms with Crippen LogP contribution in [-0.2, 0) is 13.1 Å². The first kappa shape index (κ1) is 15.1. The molecule has 8 heteroatoms. The van der Waals surface area contributed by atoms with Crippen molar-refractivity contribution in [1.29, 1.82) is 0 Å². The molecule has 1 heterocycles. The number of aromatic nitrogens is 2. The smallest absolute Gasteiger partial charge is 0.350 e. The summed E-state index contributed by atoms with van der Waals surface area (Å²) in [4.78, 5) is 33.7. The van der Waals surface area contributed by atoms with Crippen LogP contribution in [0.5, 0.6) is 0 Å². The summed E-state index contributed by atoms with van der Waals surface area (Å²) in [6.07, 6.45) is 2.72. The molecule has 106 valence electrons. The van der Waals surface area contributed by atoms with Gasteiger partial charge < -0.3 is 5.11 Å². The van der Waals surface area contributed by atoms with E-state index in [2.05, 4.69) is 0 Å². The van der Waals surface area contributed by atoms with Crippen LogP contribution in [0.1, 0.15) is 26.2 Å². The fourth-order valence-electron chi connectivity index (χ4n) is 1.75. The summed E-state index contributed by atoms with van der Waals surface area (Å²) in [7, 11) is 0. The molecule has 19 heavy (non-hydrogen) atoms. The fraction of sp³-hybridized carbons (Fsp3) is 0.636. The quantitative estimate of drug-likeness (QED) is 0.430. The summed E-state index contributed by atoms with van der Waals surface area (Å²) in [5, 5.41) is 19.4. The van der Waals surface area contributed by atoms with Crippen molar-refractivity contribution in [2.75, 3.05) is 6.61 Å². The first-order valence-corrected chi connectivity index (χ1v) is 6.12. The summed E-state index contributed by atoms with van der Waals surface area (Å²) in [5.74, 6) is 0. The Morgan fingerprint density at radius 1 is 1.32 bits per heavy atom. The molecule has 1 rings (SSSR count). The summed E-state index contributed by atoms with van der Waals surface area (Å²) in [6.45, 7) is 2.10. The zero-order valence-corrected chi connectivity index (χ0v) is 10.7. The zero-order chi connectivity index (χ0) is 14.4. The van der Waals surface area contributed by atoms with E-state index in [1.165, 1.54) is 0 Å². The van der Waals surface area contributed by atoms with Crippen LogP contribution in [0.4, 0.5) is 5.69 Å².